The molecule has 316 valence electrons. The maximum Gasteiger partial charge on any atom is 0.339 e. The average Bonchev–Trinajstić information content (AvgIpc) is 3.26. The zero-order chi connectivity index (χ0) is 43.9. The minimum atomic E-state index is -1.28. The third-order valence-electron chi connectivity index (χ3n) is 12.0. The van der Waals surface area contributed by atoms with Gasteiger partial charge in [-0.15, -0.1) is 0 Å². The van der Waals surface area contributed by atoms with E-state index in [1.54, 1.807) is 48.5 Å². The standard InChI is InChI=1S/C23H16O6.2C13H16ClNO/c24-20-16(14-7-3-1-5-12(14)9-18(20)22(26)27)11-17-15-8-4-2-6-13(15)10-19(21(17)25)23(28)29;2*1-15-13(9-5-4-8-12(13)16)10-6-2-3-7-11(10)14/h1-10,24-25H,11H2,(H,26,27)(H,28,29);2*2-3,6-7,15H,4-5,8-9H2,1H3. The van der Waals surface area contributed by atoms with E-state index in [1.807, 2.05) is 62.6 Å². The maximum atomic E-state index is 12.2. The van der Waals surface area contributed by atoms with Crippen LogP contribution in [0.2, 0.25) is 10.0 Å². The maximum absolute atomic E-state index is 12.2. The van der Waals surface area contributed by atoms with Crippen LogP contribution in [-0.2, 0) is 27.1 Å². The highest BCUT2D eigenvalue weighted by Crippen LogP contribution is 2.41. The van der Waals surface area contributed by atoms with Crippen LogP contribution in [-0.4, -0.2) is 58.0 Å². The molecule has 6 N–H and O–H groups in total. The van der Waals surface area contributed by atoms with Crippen molar-refractivity contribution >= 4 is 68.3 Å². The Kier molecular flexibility index (Phi) is 14.2. The molecule has 0 aliphatic heterocycles. The van der Waals surface area contributed by atoms with E-state index >= 15 is 0 Å². The number of aromatic carboxylic acids is 2. The number of rotatable bonds is 8. The minimum Gasteiger partial charge on any atom is -0.507 e. The van der Waals surface area contributed by atoms with Crippen LogP contribution in [0.25, 0.3) is 21.5 Å². The van der Waals surface area contributed by atoms with Gasteiger partial charge in [-0.25, -0.2) is 9.59 Å². The third-order valence-corrected chi connectivity index (χ3v) is 12.6. The van der Waals surface area contributed by atoms with Crippen molar-refractivity contribution in [2.24, 2.45) is 0 Å². The van der Waals surface area contributed by atoms with E-state index in [2.05, 4.69) is 10.6 Å². The van der Waals surface area contributed by atoms with Gasteiger partial charge in [0, 0.05) is 40.4 Å². The summed E-state index contributed by atoms with van der Waals surface area (Å²) in [6.07, 6.45) is 7.05. The van der Waals surface area contributed by atoms with Gasteiger partial charge < -0.3 is 31.1 Å². The van der Waals surface area contributed by atoms with Crippen molar-refractivity contribution < 1.29 is 39.6 Å². The number of hydrogen-bond donors (Lipinski definition) is 6. The largest absolute Gasteiger partial charge is 0.507 e. The highest BCUT2D eigenvalue weighted by atomic mass is 35.5. The molecule has 2 aliphatic carbocycles. The fourth-order valence-corrected chi connectivity index (χ4v) is 9.32. The molecule has 6 aromatic rings. The molecular weight excluding hydrogens is 815 g/mol. The molecule has 0 amide bonds. The molecule has 0 saturated heterocycles. The Labute approximate surface area is 364 Å². The molecule has 8 rings (SSSR count). The predicted octanol–water partition coefficient (Wildman–Crippen LogP) is 10.2. The molecule has 6 aromatic carbocycles. The second-order valence-corrected chi connectivity index (χ2v) is 16.1. The van der Waals surface area contributed by atoms with Crippen LogP contribution in [0, 0.1) is 0 Å². The molecule has 2 atom stereocenters. The van der Waals surface area contributed by atoms with Crippen LogP contribution in [0.1, 0.15) is 94.3 Å². The molecule has 2 aliphatic rings. The lowest BCUT2D eigenvalue weighted by Gasteiger charge is -2.36. The van der Waals surface area contributed by atoms with E-state index in [4.69, 9.17) is 23.2 Å². The quantitative estimate of drug-likeness (QED) is 0.0865. The van der Waals surface area contributed by atoms with E-state index in [9.17, 15) is 39.6 Å². The Morgan fingerprint density at radius 3 is 1.28 bits per heavy atom. The number of likely N-dealkylation sites (N-methyl/N-ethyl adjacent to an activating group) is 2. The highest BCUT2D eigenvalue weighted by molar-refractivity contribution is 6.32. The first-order valence-corrected chi connectivity index (χ1v) is 20.9. The van der Waals surface area contributed by atoms with Crippen LogP contribution in [0.3, 0.4) is 0 Å². The molecular formula is C49H48Cl2N2O8. The summed E-state index contributed by atoms with van der Waals surface area (Å²) in [5.41, 5.74) is 0.834. The first-order chi connectivity index (χ1) is 29.3. The van der Waals surface area contributed by atoms with Gasteiger partial charge in [0.1, 0.15) is 33.7 Å². The number of aromatic hydroxyl groups is 2. The molecule has 0 heterocycles. The molecule has 0 bridgehead atoms. The summed E-state index contributed by atoms with van der Waals surface area (Å²) < 4.78 is 0. The molecule has 2 saturated carbocycles. The Balaban J connectivity index is 0.000000166. The molecule has 12 heteroatoms. The Hall–Kier alpha value is -5.78. The third kappa shape index (κ3) is 8.99. The fraction of sp³-hybridized carbons (Fsp3) is 0.265. The van der Waals surface area contributed by atoms with E-state index in [1.165, 1.54) is 12.1 Å². The molecule has 2 unspecified atom stereocenters. The van der Waals surface area contributed by atoms with Gasteiger partial charge in [-0.05, 0) is 96.7 Å². The first kappa shape index (κ1) is 44.8. The Morgan fingerprint density at radius 2 is 0.934 bits per heavy atom. The number of ketones is 2. The topological polar surface area (TPSA) is 173 Å². The summed E-state index contributed by atoms with van der Waals surface area (Å²) in [6.45, 7) is 0. The molecule has 10 nitrogen and oxygen atoms in total. The second-order valence-electron chi connectivity index (χ2n) is 15.3. The van der Waals surface area contributed by atoms with Crippen molar-refractivity contribution in [2.75, 3.05) is 14.1 Å². The van der Waals surface area contributed by atoms with Crippen LogP contribution < -0.4 is 10.6 Å². The zero-order valence-electron chi connectivity index (χ0n) is 33.9. The second kappa shape index (κ2) is 19.3. The summed E-state index contributed by atoms with van der Waals surface area (Å²) in [6, 6.07) is 32.0. The number of phenols is 2. The number of Topliss-reactive ketones (excluding diaryl/α,β-unsaturated/α-hetero) is 2. The van der Waals surface area contributed by atoms with E-state index in [0.717, 1.165) is 49.7 Å². The normalized spacial score (nSPS) is 18.8. The number of halogens is 2. The number of carbonyl (C=O) groups is 4. The van der Waals surface area contributed by atoms with E-state index in [0.29, 0.717) is 55.6 Å². The van der Waals surface area contributed by atoms with Crippen molar-refractivity contribution in [2.45, 2.75) is 68.9 Å². The SMILES string of the molecule is CNC1(c2ccccc2Cl)CCCCC1=O.CNC1(c2ccccc2Cl)CCCCC1=O.O=C(O)c1cc2ccccc2c(Cc2c(O)c(C(=O)O)cc3ccccc23)c1O. The highest BCUT2D eigenvalue weighted by Gasteiger charge is 2.42. The van der Waals surface area contributed by atoms with E-state index in [-0.39, 0.29) is 29.1 Å². The van der Waals surface area contributed by atoms with Gasteiger partial charge >= 0.3 is 11.9 Å². The van der Waals surface area contributed by atoms with Gasteiger partial charge in [0.2, 0.25) is 0 Å². The molecule has 0 radical (unpaired) electrons. The molecule has 2 fully saturated rings. The van der Waals surface area contributed by atoms with Crippen LogP contribution in [0.4, 0.5) is 0 Å². The number of fused-ring (bicyclic) bond motifs is 2. The summed E-state index contributed by atoms with van der Waals surface area (Å²) in [4.78, 5) is 47.6. The van der Waals surface area contributed by atoms with Gasteiger partial charge in [-0.1, -0.05) is 121 Å². The summed E-state index contributed by atoms with van der Waals surface area (Å²) in [7, 11) is 3.68. The first-order valence-electron chi connectivity index (χ1n) is 20.2. The van der Waals surface area contributed by atoms with Crippen LogP contribution in [0.5, 0.6) is 11.5 Å². The Morgan fingerprint density at radius 1 is 0.574 bits per heavy atom. The lowest BCUT2D eigenvalue weighted by molar-refractivity contribution is -0.128. The number of carbonyl (C=O) groups excluding carboxylic acids is 2. The van der Waals surface area contributed by atoms with Crippen molar-refractivity contribution in [3.05, 3.63) is 153 Å². The van der Waals surface area contributed by atoms with Crippen molar-refractivity contribution in [1.82, 2.24) is 10.6 Å². The number of benzene rings is 6. The smallest absolute Gasteiger partial charge is 0.339 e. The molecule has 0 spiro atoms. The van der Waals surface area contributed by atoms with Gasteiger partial charge in [0.25, 0.3) is 0 Å². The predicted molar refractivity (Wildman–Crippen MR) is 239 cm³/mol. The van der Waals surface area contributed by atoms with Gasteiger partial charge in [0.05, 0.1) is 0 Å². The summed E-state index contributed by atoms with van der Waals surface area (Å²) in [5, 5.41) is 50.5. The number of carboxylic acid groups (broad SMARTS) is 2. The number of nitrogens with one attached hydrogen (secondary N) is 2. The lowest BCUT2D eigenvalue weighted by Crippen LogP contribution is -2.49. The van der Waals surface area contributed by atoms with Crippen molar-refractivity contribution in [3.8, 4) is 11.5 Å². The van der Waals surface area contributed by atoms with Crippen LogP contribution in [0.15, 0.2) is 109 Å². The van der Waals surface area contributed by atoms with Crippen molar-refractivity contribution in [3.63, 3.8) is 0 Å². The monoisotopic (exact) mass is 862 g/mol. The van der Waals surface area contributed by atoms with Gasteiger partial charge in [-0.3, -0.25) is 9.59 Å². The molecule has 61 heavy (non-hydrogen) atoms. The average molecular weight is 864 g/mol. The summed E-state index contributed by atoms with van der Waals surface area (Å²) in [5.74, 6) is -2.84. The van der Waals surface area contributed by atoms with Gasteiger partial charge in [-0.2, -0.15) is 0 Å². The van der Waals surface area contributed by atoms with Crippen molar-refractivity contribution in [1.29, 1.82) is 0 Å². The fourth-order valence-electron chi connectivity index (χ4n) is 8.72. The minimum absolute atomic E-state index is 0.0407. The summed E-state index contributed by atoms with van der Waals surface area (Å²) >= 11 is 12.4. The van der Waals surface area contributed by atoms with Gasteiger partial charge in [0.15, 0.2) is 11.6 Å². The lowest BCUT2D eigenvalue weighted by atomic mass is 9.75. The van der Waals surface area contributed by atoms with E-state index < -0.39 is 34.5 Å². The Bertz CT molecular complexity index is 2450. The molecule has 0 aromatic heterocycles. The van der Waals surface area contributed by atoms with Crippen LogP contribution >= 0.6 is 23.2 Å². The zero-order valence-corrected chi connectivity index (χ0v) is 35.4. The number of carboxylic acids is 2. The number of hydrogen-bond acceptors (Lipinski definition) is 8.